The van der Waals surface area contributed by atoms with Gasteiger partial charge in [0, 0.05) is 0 Å². The fourth-order valence-electron chi connectivity index (χ4n) is 1.60. The fourth-order valence-corrected chi connectivity index (χ4v) is 1.60. The molecule has 15 heavy (non-hydrogen) atoms. The normalized spacial score (nSPS) is 16.4. The first-order valence-electron chi connectivity index (χ1n) is 5.19. The zero-order chi connectivity index (χ0) is 11.9. The predicted molar refractivity (Wildman–Crippen MR) is 50.2 cm³/mol. The minimum Gasteiger partial charge on any atom is -0.289 e. The van der Waals surface area contributed by atoms with Gasteiger partial charge in [-0.2, -0.15) is 0 Å². The molecule has 0 aromatic rings. The molecule has 0 aromatic carbocycles. The van der Waals surface area contributed by atoms with E-state index in [1.54, 1.807) is 0 Å². The van der Waals surface area contributed by atoms with Gasteiger partial charge in [-0.3, -0.25) is 9.13 Å². The monoisotopic (exact) mass is 230 g/mol. The van der Waals surface area contributed by atoms with Gasteiger partial charge in [-0.25, -0.2) is 0 Å². The summed E-state index contributed by atoms with van der Waals surface area (Å²) in [6.45, 7) is 2.87. The molecule has 0 aliphatic carbocycles. The predicted octanol–water partition coefficient (Wildman–Crippen LogP) is 4.08. The highest BCUT2D eigenvalue weighted by molar-refractivity contribution is 4.62. The Morgan fingerprint density at radius 2 is 1.87 bits per heavy atom. The summed E-state index contributed by atoms with van der Waals surface area (Å²) in [4.78, 5) is 0. The molecule has 92 valence electrons. The van der Waals surface area contributed by atoms with E-state index in [9.17, 15) is 17.6 Å². The van der Waals surface area contributed by atoms with Crippen molar-refractivity contribution in [1.29, 1.82) is 0 Å². The summed E-state index contributed by atoms with van der Waals surface area (Å²) in [7, 11) is 0. The molecule has 0 amide bonds. The Balaban J connectivity index is 3.85. The number of alkyl halides is 4. The van der Waals surface area contributed by atoms with Crippen molar-refractivity contribution >= 4 is 0 Å². The highest BCUT2D eigenvalue weighted by Gasteiger charge is 2.32. The van der Waals surface area contributed by atoms with E-state index in [1.807, 2.05) is 6.92 Å². The van der Waals surface area contributed by atoms with Crippen LogP contribution in [0, 0.1) is 5.92 Å². The lowest BCUT2D eigenvalue weighted by Crippen LogP contribution is -2.23. The SMILES string of the molecule is CCC(CCCF)CC(C)OC(F)(F)F. The quantitative estimate of drug-likeness (QED) is 0.599. The van der Waals surface area contributed by atoms with E-state index in [1.165, 1.54) is 6.92 Å². The molecule has 0 bridgehead atoms. The van der Waals surface area contributed by atoms with Gasteiger partial charge >= 0.3 is 6.36 Å². The van der Waals surface area contributed by atoms with Gasteiger partial charge in [-0.15, -0.1) is 13.2 Å². The van der Waals surface area contributed by atoms with Gasteiger partial charge in [0.05, 0.1) is 12.8 Å². The summed E-state index contributed by atoms with van der Waals surface area (Å²) in [6.07, 6.45) is -3.30. The van der Waals surface area contributed by atoms with E-state index < -0.39 is 19.1 Å². The van der Waals surface area contributed by atoms with E-state index in [4.69, 9.17) is 0 Å². The average Bonchev–Trinajstić information content (AvgIpc) is 2.09. The molecule has 5 heteroatoms. The summed E-state index contributed by atoms with van der Waals surface area (Å²) < 4.78 is 51.2. The molecular weight excluding hydrogens is 212 g/mol. The molecule has 0 spiro atoms. The van der Waals surface area contributed by atoms with Crippen LogP contribution in [0.1, 0.15) is 39.5 Å². The molecule has 0 aliphatic rings. The van der Waals surface area contributed by atoms with Crippen LogP contribution in [0.5, 0.6) is 0 Å². The van der Waals surface area contributed by atoms with Crippen molar-refractivity contribution in [3.63, 3.8) is 0 Å². The molecule has 0 radical (unpaired) electrons. The molecule has 2 unspecified atom stereocenters. The Kier molecular flexibility index (Phi) is 6.89. The number of rotatable bonds is 7. The maximum Gasteiger partial charge on any atom is 0.522 e. The summed E-state index contributed by atoms with van der Waals surface area (Å²) >= 11 is 0. The van der Waals surface area contributed by atoms with Crippen LogP contribution in [0.4, 0.5) is 17.6 Å². The van der Waals surface area contributed by atoms with Crippen LogP contribution in [0.3, 0.4) is 0 Å². The Morgan fingerprint density at radius 3 is 2.27 bits per heavy atom. The Labute approximate surface area is 87.8 Å². The van der Waals surface area contributed by atoms with E-state index in [2.05, 4.69) is 4.74 Å². The average molecular weight is 230 g/mol. The van der Waals surface area contributed by atoms with Crippen LogP contribution in [0.2, 0.25) is 0 Å². The van der Waals surface area contributed by atoms with E-state index in [0.717, 1.165) is 6.42 Å². The second-order valence-electron chi connectivity index (χ2n) is 3.72. The van der Waals surface area contributed by atoms with Crippen LogP contribution in [0.15, 0.2) is 0 Å². The maximum absolute atomic E-state index is 11.9. The van der Waals surface area contributed by atoms with Gasteiger partial charge in [0.2, 0.25) is 0 Å². The third kappa shape index (κ3) is 8.66. The lowest BCUT2D eigenvalue weighted by Gasteiger charge is -2.20. The van der Waals surface area contributed by atoms with Crippen molar-refractivity contribution in [3.8, 4) is 0 Å². The zero-order valence-corrected chi connectivity index (χ0v) is 9.11. The van der Waals surface area contributed by atoms with Crippen molar-refractivity contribution in [2.75, 3.05) is 6.67 Å². The molecule has 2 atom stereocenters. The second kappa shape index (κ2) is 7.04. The molecule has 0 saturated carbocycles. The van der Waals surface area contributed by atoms with Crippen LogP contribution >= 0.6 is 0 Å². The maximum atomic E-state index is 11.9. The third-order valence-corrected chi connectivity index (χ3v) is 2.32. The van der Waals surface area contributed by atoms with Gasteiger partial charge in [0.1, 0.15) is 0 Å². The van der Waals surface area contributed by atoms with Crippen molar-refractivity contribution in [2.24, 2.45) is 5.92 Å². The summed E-state index contributed by atoms with van der Waals surface area (Å²) in [5.41, 5.74) is 0. The minimum absolute atomic E-state index is 0.109. The van der Waals surface area contributed by atoms with Gasteiger partial charge in [-0.05, 0) is 32.1 Å². The minimum atomic E-state index is -4.57. The lowest BCUT2D eigenvalue weighted by molar-refractivity contribution is -0.341. The van der Waals surface area contributed by atoms with E-state index in [0.29, 0.717) is 19.3 Å². The number of ether oxygens (including phenoxy) is 1. The lowest BCUT2D eigenvalue weighted by atomic mass is 9.94. The fraction of sp³-hybridized carbons (Fsp3) is 1.00. The molecule has 0 heterocycles. The van der Waals surface area contributed by atoms with Crippen molar-refractivity contribution in [1.82, 2.24) is 0 Å². The smallest absolute Gasteiger partial charge is 0.289 e. The Morgan fingerprint density at radius 1 is 1.27 bits per heavy atom. The van der Waals surface area contributed by atoms with Crippen molar-refractivity contribution in [3.05, 3.63) is 0 Å². The highest BCUT2D eigenvalue weighted by Crippen LogP contribution is 2.24. The molecule has 0 N–H and O–H groups in total. The zero-order valence-electron chi connectivity index (χ0n) is 9.11. The van der Waals surface area contributed by atoms with E-state index in [-0.39, 0.29) is 5.92 Å². The van der Waals surface area contributed by atoms with Crippen molar-refractivity contribution < 1.29 is 22.3 Å². The number of hydrogen-bond acceptors (Lipinski definition) is 1. The van der Waals surface area contributed by atoms with Gasteiger partial charge < -0.3 is 0 Å². The first-order valence-corrected chi connectivity index (χ1v) is 5.19. The van der Waals surface area contributed by atoms with Gasteiger partial charge in [0.25, 0.3) is 0 Å². The first-order chi connectivity index (χ1) is 6.89. The largest absolute Gasteiger partial charge is 0.522 e. The molecule has 0 saturated heterocycles. The molecular formula is C10H18F4O. The van der Waals surface area contributed by atoms with Crippen LogP contribution in [0.25, 0.3) is 0 Å². The summed E-state index contributed by atoms with van der Waals surface area (Å²) in [5, 5.41) is 0. The first kappa shape index (κ1) is 14.7. The number of halogens is 4. The van der Waals surface area contributed by atoms with Crippen LogP contribution < -0.4 is 0 Å². The summed E-state index contributed by atoms with van der Waals surface area (Å²) in [6, 6.07) is 0. The molecule has 1 nitrogen and oxygen atoms in total. The third-order valence-electron chi connectivity index (χ3n) is 2.32. The Bertz CT molecular complexity index is 158. The Hall–Kier alpha value is -0.320. The number of hydrogen-bond donors (Lipinski definition) is 0. The molecule has 0 aromatic heterocycles. The van der Waals surface area contributed by atoms with Crippen LogP contribution in [-0.4, -0.2) is 19.1 Å². The molecule has 0 aliphatic heterocycles. The highest BCUT2D eigenvalue weighted by atomic mass is 19.4. The van der Waals surface area contributed by atoms with Crippen molar-refractivity contribution in [2.45, 2.75) is 52.0 Å². The van der Waals surface area contributed by atoms with Gasteiger partial charge in [-0.1, -0.05) is 13.3 Å². The van der Waals surface area contributed by atoms with Crippen LogP contribution in [-0.2, 0) is 4.74 Å². The van der Waals surface area contributed by atoms with Gasteiger partial charge in [0.15, 0.2) is 0 Å². The van der Waals surface area contributed by atoms with E-state index >= 15 is 0 Å². The summed E-state index contributed by atoms with van der Waals surface area (Å²) in [5.74, 6) is 0.109. The standard InChI is InChI=1S/C10H18F4O/c1-3-9(5-4-6-11)7-8(2)15-10(12,13)14/h8-9H,3-7H2,1-2H3. The topological polar surface area (TPSA) is 9.23 Å². The molecule has 0 fully saturated rings. The molecule has 0 rings (SSSR count). The second-order valence-corrected chi connectivity index (χ2v) is 3.72.